The molecule has 10 aromatic rings. The number of fused-ring (bicyclic) bond motifs is 5. The van der Waals surface area contributed by atoms with Gasteiger partial charge in [-0.15, -0.1) is 0 Å². The molecule has 1 aliphatic carbocycles. The van der Waals surface area contributed by atoms with E-state index in [4.69, 9.17) is 14.7 Å². The fourth-order valence-corrected chi connectivity index (χ4v) is 9.64. The zero-order valence-electron chi connectivity index (χ0n) is 32.6. The van der Waals surface area contributed by atoms with Gasteiger partial charge < -0.3 is 4.74 Å². The smallest absolute Gasteiger partial charge is 0.160 e. The molecular weight excluding hydrogens is 729 g/mol. The van der Waals surface area contributed by atoms with E-state index in [1.807, 2.05) is 18.2 Å². The van der Waals surface area contributed by atoms with Crippen LogP contribution in [0.1, 0.15) is 22.3 Å². The molecule has 3 heteroatoms. The van der Waals surface area contributed by atoms with Crippen molar-refractivity contribution in [2.24, 2.45) is 0 Å². The first-order valence-electron chi connectivity index (χ1n) is 20.5. The van der Waals surface area contributed by atoms with Gasteiger partial charge in [-0.25, -0.2) is 9.97 Å². The van der Waals surface area contributed by atoms with Gasteiger partial charge in [-0.05, 0) is 85.8 Å². The molecule has 280 valence electrons. The molecule has 0 spiro atoms. The van der Waals surface area contributed by atoms with E-state index in [-0.39, 0.29) is 0 Å². The zero-order chi connectivity index (χ0) is 39.6. The highest BCUT2D eigenvalue weighted by molar-refractivity contribution is 6.04. The summed E-state index contributed by atoms with van der Waals surface area (Å²) >= 11 is 0. The van der Waals surface area contributed by atoms with Gasteiger partial charge in [0.1, 0.15) is 11.5 Å². The van der Waals surface area contributed by atoms with Crippen molar-refractivity contribution in [3.63, 3.8) is 0 Å². The van der Waals surface area contributed by atoms with Crippen molar-refractivity contribution in [1.29, 1.82) is 0 Å². The number of nitrogens with zero attached hydrogens (tertiary/aromatic N) is 2. The Hall–Kier alpha value is -7.88. The second-order valence-corrected chi connectivity index (χ2v) is 15.7. The van der Waals surface area contributed by atoms with Crippen molar-refractivity contribution in [2.75, 3.05) is 0 Å². The molecule has 2 aliphatic rings. The SMILES string of the molecule is c1ccc(-c2nc(-c3ccc(-c4ccc5c(c4)-c4cccc6cccc(c46)O5)cc3)cc(-c3ccc4c(c3)C(c3ccccc3)(c3ccccc3)c3ccccc3-4)n2)cc1. The quantitative estimate of drug-likeness (QED) is 0.169. The van der Waals surface area contributed by atoms with Gasteiger partial charge in [0.05, 0.1) is 16.8 Å². The molecule has 0 atom stereocenters. The zero-order valence-corrected chi connectivity index (χ0v) is 32.6. The predicted molar refractivity (Wildman–Crippen MR) is 244 cm³/mol. The number of aromatic nitrogens is 2. The van der Waals surface area contributed by atoms with Gasteiger partial charge in [0.15, 0.2) is 5.82 Å². The Labute approximate surface area is 348 Å². The largest absolute Gasteiger partial charge is 0.456 e. The number of hydrogen-bond acceptors (Lipinski definition) is 3. The van der Waals surface area contributed by atoms with Crippen LogP contribution in [0.25, 0.3) is 78.1 Å². The van der Waals surface area contributed by atoms with Crippen molar-refractivity contribution in [3.8, 4) is 78.8 Å². The Morgan fingerprint density at radius 2 is 0.917 bits per heavy atom. The topological polar surface area (TPSA) is 35.0 Å². The fraction of sp³-hybridized carbons (Fsp3) is 0.0175. The third-order valence-corrected chi connectivity index (χ3v) is 12.4. The van der Waals surface area contributed by atoms with Crippen LogP contribution in [-0.2, 0) is 5.41 Å². The first kappa shape index (κ1) is 34.2. The summed E-state index contributed by atoms with van der Waals surface area (Å²) in [4.78, 5) is 10.5. The Balaban J connectivity index is 0.984. The van der Waals surface area contributed by atoms with Gasteiger partial charge in [-0.3, -0.25) is 0 Å². The number of hydrogen-bond donors (Lipinski definition) is 0. The summed E-state index contributed by atoms with van der Waals surface area (Å²) in [5.41, 5.74) is 16.4. The van der Waals surface area contributed by atoms with E-state index >= 15 is 0 Å². The lowest BCUT2D eigenvalue weighted by Crippen LogP contribution is -2.28. The fourth-order valence-electron chi connectivity index (χ4n) is 9.64. The van der Waals surface area contributed by atoms with Crippen molar-refractivity contribution in [1.82, 2.24) is 9.97 Å². The molecular formula is C57H36N2O. The van der Waals surface area contributed by atoms with Crippen LogP contribution in [0, 0.1) is 0 Å². The van der Waals surface area contributed by atoms with E-state index in [1.165, 1.54) is 44.3 Å². The maximum atomic E-state index is 6.40. The predicted octanol–water partition coefficient (Wildman–Crippen LogP) is 14.4. The highest BCUT2D eigenvalue weighted by atomic mass is 16.5. The highest BCUT2D eigenvalue weighted by Crippen LogP contribution is 2.57. The highest BCUT2D eigenvalue weighted by Gasteiger charge is 2.46. The van der Waals surface area contributed by atoms with Crippen LogP contribution in [0.3, 0.4) is 0 Å². The number of ether oxygens (including phenoxy) is 1. The lowest BCUT2D eigenvalue weighted by Gasteiger charge is -2.34. The summed E-state index contributed by atoms with van der Waals surface area (Å²) in [7, 11) is 0. The Kier molecular flexibility index (Phi) is 7.76. The van der Waals surface area contributed by atoms with Crippen LogP contribution in [0.2, 0.25) is 0 Å². The van der Waals surface area contributed by atoms with Gasteiger partial charge in [0.25, 0.3) is 0 Å². The van der Waals surface area contributed by atoms with Crippen molar-refractivity contribution < 1.29 is 4.74 Å². The summed E-state index contributed by atoms with van der Waals surface area (Å²) in [6.45, 7) is 0. The molecule has 0 saturated heterocycles. The molecule has 2 heterocycles. The van der Waals surface area contributed by atoms with E-state index in [0.717, 1.165) is 61.7 Å². The van der Waals surface area contributed by atoms with Gasteiger partial charge >= 0.3 is 0 Å². The molecule has 12 rings (SSSR count). The maximum Gasteiger partial charge on any atom is 0.160 e. The van der Waals surface area contributed by atoms with Gasteiger partial charge in [-0.2, -0.15) is 0 Å². The maximum absolute atomic E-state index is 6.40. The minimum absolute atomic E-state index is 0.503. The molecule has 0 fully saturated rings. The van der Waals surface area contributed by atoms with E-state index < -0.39 is 5.41 Å². The summed E-state index contributed by atoms with van der Waals surface area (Å²) < 4.78 is 6.40. The molecule has 0 saturated carbocycles. The average Bonchev–Trinajstić information content (AvgIpc) is 3.63. The number of benzene rings is 9. The molecule has 0 bridgehead atoms. The molecule has 0 unspecified atom stereocenters. The van der Waals surface area contributed by atoms with Crippen LogP contribution in [-0.4, -0.2) is 9.97 Å². The minimum Gasteiger partial charge on any atom is -0.456 e. The Morgan fingerprint density at radius 1 is 0.333 bits per heavy atom. The van der Waals surface area contributed by atoms with Crippen LogP contribution >= 0.6 is 0 Å². The molecule has 0 N–H and O–H groups in total. The molecule has 0 amide bonds. The number of rotatable bonds is 6. The second kappa shape index (κ2) is 13.6. The summed E-state index contributed by atoms with van der Waals surface area (Å²) in [6, 6.07) is 78.0. The third-order valence-electron chi connectivity index (χ3n) is 12.4. The van der Waals surface area contributed by atoms with Gasteiger partial charge in [0, 0.05) is 27.6 Å². The van der Waals surface area contributed by atoms with Crippen LogP contribution < -0.4 is 4.74 Å². The molecule has 3 nitrogen and oxygen atoms in total. The van der Waals surface area contributed by atoms with Gasteiger partial charge in [0.2, 0.25) is 0 Å². The normalized spacial score (nSPS) is 12.9. The van der Waals surface area contributed by atoms with Crippen LogP contribution in [0.15, 0.2) is 218 Å². The van der Waals surface area contributed by atoms with Crippen molar-refractivity contribution in [2.45, 2.75) is 5.41 Å². The summed E-state index contributed by atoms with van der Waals surface area (Å²) in [5.74, 6) is 2.48. The van der Waals surface area contributed by atoms with E-state index in [0.29, 0.717) is 5.82 Å². The lowest BCUT2D eigenvalue weighted by molar-refractivity contribution is 0.487. The van der Waals surface area contributed by atoms with E-state index in [2.05, 4.69) is 200 Å². The Bertz CT molecular complexity index is 3220. The average molecular weight is 765 g/mol. The molecule has 9 aromatic carbocycles. The summed E-state index contributed by atoms with van der Waals surface area (Å²) in [6.07, 6.45) is 0. The lowest BCUT2D eigenvalue weighted by atomic mass is 9.67. The standard InChI is InChI=1S/C57H36N2O/c1-4-14-40(15-5-1)56-58-51(38-28-26-37(27-29-38)41-31-33-53-48(34-41)47-23-12-16-39-17-13-25-54(60-53)55(39)47)36-52(59-56)42-30-32-46-45-22-10-11-24-49(45)57(50(46)35-42,43-18-6-2-7-19-43)44-20-8-3-9-21-44/h1-36H. The Morgan fingerprint density at radius 3 is 1.67 bits per heavy atom. The molecule has 1 aromatic heterocycles. The van der Waals surface area contributed by atoms with Crippen LogP contribution in [0.4, 0.5) is 0 Å². The third kappa shape index (κ3) is 5.30. The van der Waals surface area contributed by atoms with Gasteiger partial charge in [-0.1, -0.05) is 188 Å². The molecule has 0 radical (unpaired) electrons. The summed E-state index contributed by atoms with van der Waals surface area (Å²) in [5, 5.41) is 2.34. The first-order chi connectivity index (χ1) is 29.7. The van der Waals surface area contributed by atoms with Crippen molar-refractivity contribution in [3.05, 3.63) is 241 Å². The second-order valence-electron chi connectivity index (χ2n) is 15.7. The first-order valence-corrected chi connectivity index (χ1v) is 20.5. The molecule has 60 heavy (non-hydrogen) atoms. The monoisotopic (exact) mass is 764 g/mol. The van der Waals surface area contributed by atoms with E-state index in [9.17, 15) is 0 Å². The van der Waals surface area contributed by atoms with Crippen LogP contribution in [0.5, 0.6) is 11.5 Å². The van der Waals surface area contributed by atoms with E-state index in [1.54, 1.807) is 0 Å². The minimum atomic E-state index is -0.503. The molecule has 1 aliphatic heterocycles. The van der Waals surface area contributed by atoms with Crippen molar-refractivity contribution >= 4 is 10.8 Å².